The number of hydrogen-bond donors (Lipinski definition) is 1. The Balaban J connectivity index is 1.23. The standard InChI is InChI=1S/C20H26N4O2/c1-15(14-21-20(25)18-13-19(26-22-18)16-7-8-16)23-9-11-24(12-10-23)17-5-3-2-4-6-17/h2-6,13,15-16H,7-12,14H2,1H3,(H,21,25). The van der Waals surface area contributed by atoms with Crippen LogP contribution in [-0.2, 0) is 0 Å². The summed E-state index contributed by atoms with van der Waals surface area (Å²) in [6, 6.07) is 12.6. The molecule has 2 fully saturated rings. The van der Waals surface area contributed by atoms with Crippen LogP contribution in [0.25, 0.3) is 0 Å². The van der Waals surface area contributed by atoms with Crippen LogP contribution in [0.2, 0.25) is 0 Å². The highest BCUT2D eigenvalue weighted by molar-refractivity contribution is 5.92. The van der Waals surface area contributed by atoms with Crippen molar-refractivity contribution in [3.05, 3.63) is 47.9 Å². The van der Waals surface area contributed by atoms with Gasteiger partial charge in [0.1, 0.15) is 5.76 Å². The van der Waals surface area contributed by atoms with Crippen molar-refractivity contribution in [1.29, 1.82) is 0 Å². The molecule has 1 aliphatic heterocycles. The van der Waals surface area contributed by atoms with Crippen LogP contribution in [0.5, 0.6) is 0 Å². The molecule has 0 radical (unpaired) electrons. The van der Waals surface area contributed by atoms with Gasteiger partial charge in [-0.1, -0.05) is 23.4 Å². The molecule has 2 aromatic rings. The Hall–Kier alpha value is -2.34. The number of nitrogens with zero attached hydrogens (tertiary/aromatic N) is 3. The number of carbonyl (C=O) groups excluding carboxylic acids is 1. The van der Waals surface area contributed by atoms with Crippen molar-refractivity contribution in [2.24, 2.45) is 0 Å². The number of aromatic nitrogens is 1. The number of nitrogens with one attached hydrogen (secondary N) is 1. The number of amides is 1. The minimum absolute atomic E-state index is 0.143. The monoisotopic (exact) mass is 354 g/mol. The third-order valence-electron chi connectivity index (χ3n) is 5.36. The predicted molar refractivity (Wildman–Crippen MR) is 101 cm³/mol. The summed E-state index contributed by atoms with van der Waals surface area (Å²) in [5, 5.41) is 6.90. The second kappa shape index (κ2) is 7.50. The Labute approximate surface area is 154 Å². The average molecular weight is 354 g/mol. The number of hydrogen-bond acceptors (Lipinski definition) is 5. The number of benzene rings is 1. The molecular weight excluding hydrogens is 328 g/mol. The van der Waals surface area contributed by atoms with Crippen molar-refractivity contribution in [2.75, 3.05) is 37.6 Å². The molecule has 1 amide bonds. The number of para-hydroxylation sites is 1. The quantitative estimate of drug-likeness (QED) is 0.864. The SMILES string of the molecule is CC(CNC(=O)c1cc(C2CC2)on1)N1CCN(c2ccccc2)CC1. The van der Waals surface area contributed by atoms with Crippen molar-refractivity contribution in [3.63, 3.8) is 0 Å². The highest BCUT2D eigenvalue weighted by atomic mass is 16.5. The van der Waals surface area contributed by atoms with Gasteiger partial charge in [0.15, 0.2) is 5.69 Å². The molecule has 0 spiro atoms. The van der Waals surface area contributed by atoms with E-state index in [1.165, 1.54) is 5.69 Å². The van der Waals surface area contributed by atoms with E-state index in [1.807, 2.05) is 6.07 Å². The molecule has 26 heavy (non-hydrogen) atoms. The minimum Gasteiger partial charge on any atom is -0.369 e. The van der Waals surface area contributed by atoms with Crippen LogP contribution in [0.15, 0.2) is 40.9 Å². The molecule has 0 bridgehead atoms. The number of rotatable bonds is 6. The van der Waals surface area contributed by atoms with E-state index in [0.717, 1.165) is 44.8 Å². The molecule has 1 unspecified atom stereocenters. The molecule has 1 aromatic carbocycles. The molecule has 1 aliphatic carbocycles. The Morgan fingerprint density at radius 3 is 2.65 bits per heavy atom. The van der Waals surface area contributed by atoms with Crippen molar-refractivity contribution < 1.29 is 9.32 Å². The summed E-state index contributed by atoms with van der Waals surface area (Å²) in [4.78, 5) is 17.1. The molecule has 1 atom stereocenters. The summed E-state index contributed by atoms with van der Waals surface area (Å²) in [7, 11) is 0. The first-order chi connectivity index (χ1) is 12.7. The Morgan fingerprint density at radius 2 is 1.96 bits per heavy atom. The second-order valence-corrected chi connectivity index (χ2v) is 7.31. The van der Waals surface area contributed by atoms with Crippen LogP contribution in [0.3, 0.4) is 0 Å². The largest absolute Gasteiger partial charge is 0.369 e. The summed E-state index contributed by atoms with van der Waals surface area (Å²) in [6.45, 7) is 6.81. The van der Waals surface area contributed by atoms with Crippen LogP contribution in [-0.4, -0.2) is 54.7 Å². The zero-order valence-corrected chi connectivity index (χ0v) is 15.2. The van der Waals surface area contributed by atoms with Crippen molar-refractivity contribution in [3.8, 4) is 0 Å². The van der Waals surface area contributed by atoms with Gasteiger partial charge in [-0.2, -0.15) is 0 Å². The highest BCUT2D eigenvalue weighted by Gasteiger charge is 2.29. The van der Waals surface area contributed by atoms with Gasteiger partial charge in [0.25, 0.3) is 5.91 Å². The first-order valence-corrected chi connectivity index (χ1v) is 9.49. The van der Waals surface area contributed by atoms with E-state index in [2.05, 4.69) is 51.5 Å². The summed E-state index contributed by atoms with van der Waals surface area (Å²) in [5.41, 5.74) is 1.68. The zero-order valence-electron chi connectivity index (χ0n) is 15.2. The Kier molecular flexibility index (Phi) is 4.93. The molecule has 2 aliphatic rings. The van der Waals surface area contributed by atoms with Crippen LogP contribution in [0.1, 0.15) is 41.9 Å². The smallest absolute Gasteiger partial charge is 0.273 e. The van der Waals surface area contributed by atoms with E-state index in [9.17, 15) is 4.79 Å². The van der Waals surface area contributed by atoms with Crippen LogP contribution in [0, 0.1) is 0 Å². The number of anilines is 1. The second-order valence-electron chi connectivity index (χ2n) is 7.31. The summed E-state index contributed by atoms with van der Waals surface area (Å²) in [5.74, 6) is 1.18. The van der Waals surface area contributed by atoms with Gasteiger partial charge >= 0.3 is 0 Å². The topological polar surface area (TPSA) is 61.6 Å². The lowest BCUT2D eigenvalue weighted by molar-refractivity contribution is 0.0925. The molecule has 1 saturated heterocycles. The van der Waals surface area contributed by atoms with Gasteiger partial charge in [-0.25, -0.2) is 0 Å². The molecule has 1 N–H and O–H groups in total. The highest BCUT2D eigenvalue weighted by Crippen LogP contribution is 2.40. The maximum Gasteiger partial charge on any atom is 0.273 e. The fraction of sp³-hybridized carbons (Fsp3) is 0.500. The summed E-state index contributed by atoms with van der Waals surface area (Å²) >= 11 is 0. The Morgan fingerprint density at radius 1 is 1.23 bits per heavy atom. The van der Waals surface area contributed by atoms with Crippen molar-refractivity contribution in [2.45, 2.75) is 31.7 Å². The van der Waals surface area contributed by atoms with E-state index in [0.29, 0.717) is 24.2 Å². The maximum atomic E-state index is 12.3. The normalized spacial score (nSPS) is 19.3. The summed E-state index contributed by atoms with van der Waals surface area (Å²) in [6.07, 6.45) is 2.28. The molecule has 2 heterocycles. The lowest BCUT2D eigenvalue weighted by Gasteiger charge is -2.39. The Bertz CT molecular complexity index is 733. The van der Waals surface area contributed by atoms with E-state index >= 15 is 0 Å². The van der Waals surface area contributed by atoms with E-state index in [1.54, 1.807) is 6.07 Å². The fourth-order valence-corrected chi connectivity index (χ4v) is 3.48. The van der Waals surface area contributed by atoms with Gasteiger partial charge in [0.2, 0.25) is 0 Å². The van der Waals surface area contributed by atoms with Gasteiger partial charge < -0.3 is 14.7 Å². The van der Waals surface area contributed by atoms with E-state index in [4.69, 9.17) is 4.52 Å². The molecule has 138 valence electrons. The van der Waals surface area contributed by atoms with Crippen molar-refractivity contribution in [1.82, 2.24) is 15.4 Å². The number of carbonyl (C=O) groups is 1. The van der Waals surface area contributed by atoms with Crippen LogP contribution < -0.4 is 10.2 Å². The molecule has 1 aromatic heterocycles. The predicted octanol–water partition coefficient (Wildman–Crippen LogP) is 2.49. The van der Waals surface area contributed by atoms with Gasteiger partial charge in [-0.3, -0.25) is 9.69 Å². The first kappa shape index (κ1) is 17.1. The van der Waals surface area contributed by atoms with Gasteiger partial charge in [-0.15, -0.1) is 0 Å². The van der Waals surface area contributed by atoms with Crippen LogP contribution >= 0.6 is 0 Å². The van der Waals surface area contributed by atoms with E-state index in [-0.39, 0.29) is 5.91 Å². The maximum absolute atomic E-state index is 12.3. The van der Waals surface area contributed by atoms with Gasteiger partial charge in [0.05, 0.1) is 0 Å². The molecular formula is C20H26N4O2. The molecule has 6 nitrogen and oxygen atoms in total. The molecule has 1 saturated carbocycles. The number of piperazine rings is 1. The lowest BCUT2D eigenvalue weighted by Crippen LogP contribution is -2.52. The first-order valence-electron chi connectivity index (χ1n) is 9.49. The van der Waals surface area contributed by atoms with Crippen LogP contribution in [0.4, 0.5) is 5.69 Å². The molecule has 4 rings (SSSR count). The zero-order chi connectivity index (χ0) is 17.9. The van der Waals surface area contributed by atoms with Gasteiger partial charge in [0, 0.05) is 56.4 Å². The minimum atomic E-state index is -0.143. The third-order valence-corrected chi connectivity index (χ3v) is 5.36. The third kappa shape index (κ3) is 3.90. The lowest BCUT2D eigenvalue weighted by atomic mass is 10.2. The molecule has 6 heteroatoms. The van der Waals surface area contributed by atoms with Crippen molar-refractivity contribution >= 4 is 11.6 Å². The fourth-order valence-electron chi connectivity index (χ4n) is 3.48. The summed E-state index contributed by atoms with van der Waals surface area (Å²) < 4.78 is 5.26. The van der Waals surface area contributed by atoms with Gasteiger partial charge in [-0.05, 0) is 31.9 Å². The van der Waals surface area contributed by atoms with E-state index < -0.39 is 0 Å². The average Bonchev–Trinajstić information content (AvgIpc) is 3.43.